The molecule has 0 spiro atoms. The van der Waals surface area contributed by atoms with E-state index in [4.69, 9.17) is 5.11 Å². The second kappa shape index (κ2) is 12.2. The normalized spacial score (nSPS) is 10.1. The van der Waals surface area contributed by atoms with Crippen molar-refractivity contribution >= 4 is 12.1 Å². The van der Waals surface area contributed by atoms with E-state index in [9.17, 15) is 9.59 Å². The van der Waals surface area contributed by atoms with Crippen LogP contribution in [0.25, 0.3) is 0 Å². The van der Waals surface area contributed by atoms with Crippen LogP contribution in [0, 0.1) is 0 Å². The molecule has 0 heterocycles. The lowest BCUT2D eigenvalue weighted by molar-refractivity contribution is -0.130. The van der Waals surface area contributed by atoms with Gasteiger partial charge in [0.05, 0.1) is 0 Å². The van der Waals surface area contributed by atoms with Crippen LogP contribution in [0.1, 0.15) is 71.1 Å². The molecule has 0 fully saturated rings. The summed E-state index contributed by atoms with van der Waals surface area (Å²) in [4.78, 5) is 25.0. The summed E-state index contributed by atoms with van der Waals surface area (Å²) >= 11 is 0. The first-order valence-corrected chi connectivity index (χ1v) is 6.85. The maximum absolute atomic E-state index is 11.1. The maximum Gasteiger partial charge on any atom is 0.530 e. The van der Waals surface area contributed by atoms with Gasteiger partial charge >= 0.3 is 6.16 Å². The number of amides is 1. The van der Waals surface area contributed by atoms with Crippen molar-refractivity contribution in [2.24, 2.45) is 0 Å². The van der Waals surface area contributed by atoms with Crippen LogP contribution < -0.4 is 5.48 Å². The third-order valence-corrected chi connectivity index (χ3v) is 2.76. The zero-order valence-electron chi connectivity index (χ0n) is 11.2. The van der Waals surface area contributed by atoms with Gasteiger partial charge in [-0.15, -0.1) is 0 Å². The van der Waals surface area contributed by atoms with Gasteiger partial charge in [0.1, 0.15) is 0 Å². The first-order chi connectivity index (χ1) is 8.66. The Hall–Kier alpha value is -1.26. The van der Waals surface area contributed by atoms with Crippen molar-refractivity contribution < 1.29 is 19.5 Å². The third-order valence-electron chi connectivity index (χ3n) is 2.76. The van der Waals surface area contributed by atoms with Crippen LogP contribution in [0.4, 0.5) is 4.79 Å². The first kappa shape index (κ1) is 16.7. The molecule has 0 unspecified atom stereocenters. The highest BCUT2D eigenvalue weighted by atomic mass is 16.8. The molecule has 18 heavy (non-hydrogen) atoms. The number of hydrogen-bond acceptors (Lipinski definition) is 3. The monoisotopic (exact) mass is 259 g/mol. The second-order valence-electron chi connectivity index (χ2n) is 4.47. The number of carboxylic acid groups (broad SMARTS) is 1. The number of carbonyl (C=O) groups is 2. The SMILES string of the molecule is CCCCCCCCCCCC(=O)NOC(=O)O. The largest absolute Gasteiger partial charge is 0.530 e. The Bertz CT molecular complexity index is 231. The molecule has 2 N–H and O–H groups in total. The van der Waals surface area contributed by atoms with Crippen molar-refractivity contribution in [1.29, 1.82) is 0 Å². The fraction of sp³-hybridized carbons (Fsp3) is 0.846. The van der Waals surface area contributed by atoms with Crippen LogP contribution >= 0.6 is 0 Å². The van der Waals surface area contributed by atoms with Gasteiger partial charge in [-0.3, -0.25) is 4.79 Å². The molecule has 0 radical (unpaired) electrons. The van der Waals surface area contributed by atoms with Crippen molar-refractivity contribution in [1.82, 2.24) is 5.48 Å². The molecule has 0 aromatic carbocycles. The molecule has 0 aromatic rings. The predicted molar refractivity (Wildman–Crippen MR) is 69.1 cm³/mol. The van der Waals surface area contributed by atoms with Gasteiger partial charge in [0, 0.05) is 6.42 Å². The third kappa shape index (κ3) is 12.8. The van der Waals surface area contributed by atoms with Crippen molar-refractivity contribution in [2.75, 3.05) is 0 Å². The topological polar surface area (TPSA) is 75.6 Å². The number of rotatable bonds is 10. The van der Waals surface area contributed by atoms with E-state index in [1.54, 1.807) is 0 Å². The molecule has 1 amide bonds. The number of carbonyl (C=O) groups excluding carboxylic acids is 1. The Kier molecular flexibility index (Phi) is 11.3. The van der Waals surface area contributed by atoms with Crippen LogP contribution in [0.2, 0.25) is 0 Å². The predicted octanol–water partition coefficient (Wildman–Crippen LogP) is 3.63. The van der Waals surface area contributed by atoms with Gasteiger partial charge in [0.15, 0.2) is 0 Å². The van der Waals surface area contributed by atoms with Crippen LogP contribution in [-0.4, -0.2) is 17.2 Å². The van der Waals surface area contributed by atoms with E-state index in [2.05, 4.69) is 11.8 Å². The molecule has 5 nitrogen and oxygen atoms in total. The van der Waals surface area contributed by atoms with Crippen LogP contribution in [0.3, 0.4) is 0 Å². The summed E-state index contributed by atoms with van der Waals surface area (Å²) in [7, 11) is 0. The first-order valence-electron chi connectivity index (χ1n) is 6.85. The van der Waals surface area contributed by atoms with Gasteiger partial charge in [0.25, 0.3) is 5.91 Å². The van der Waals surface area contributed by atoms with E-state index >= 15 is 0 Å². The maximum atomic E-state index is 11.1. The zero-order valence-corrected chi connectivity index (χ0v) is 11.2. The molecular weight excluding hydrogens is 234 g/mol. The molecule has 0 bridgehead atoms. The molecule has 106 valence electrons. The molecule has 0 aromatic heterocycles. The Labute approximate surface area is 109 Å². The van der Waals surface area contributed by atoms with Gasteiger partial charge in [0.2, 0.25) is 0 Å². The summed E-state index contributed by atoms with van der Waals surface area (Å²) in [6, 6.07) is 0. The minimum Gasteiger partial charge on any atom is -0.448 e. The lowest BCUT2D eigenvalue weighted by Gasteiger charge is -2.03. The highest BCUT2D eigenvalue weighted by Gasteiger charge is 2.03. The van der Waals surface area contributed by atoms with E-state index in [0.717, 1.165) is 19.3 Å². The van der Waals surface area contributed by atoms with Crippen molar-refractivity contribution in [2.45, 2.75) is 71.1 Å². The van der Waals surface area contributed by atoms with Gasteiger partial charge < -0.3 is 9.94 Å². The van der Waals surface area contributed by atoms with Crippen molar-refractivity contribution in [3.8, 4) is 0 Å². The smallest absolute Gasteiger partial charge is 0.448 e. The lowest BCUT2D eigenvalue weighted by Crippen LogP contribution is -2.25. The van der Waals surface area contributed by atoms with E-state index < -0.39 is 6.16 Å². The highest BCUT2D eigenvalue weighted by Crippen LogP contribution is 2.10. The lowest BCUT2D eigenvalue weighted by atomic mass is 10.1. The highest BCUT2D eigenvalue weighted by molar-refractivity contribution is 5.76. The van der Waals surface area contributed by atoms with Gasteiger partial charge in [-0.05, 0) is 6.42 Å². The summed E-state index contributed by atoms with van der Waals surface area (Å²) < 4.78 is 0. The summed E-state index contributed by atoms with van der Waals surface area (Å²) in [6.45, 7) is 2.21. The minimum atomic E-state index is -1.49. The zero-order chi connectivity index (χ0) is 13.6. The Morgan fingerprint density at radius 2 is 1.44 bits per heavy atom. The average molecular weight is 259 g/mol. The summed E-state index contributed by atoms with van der Waals surface area (Å²) in [5, 5.41) is 8.16. The molecule has 0 rings (SSSR count). The fourth-order valence-electron chi connectivity index (χ4n) is 1.75. The second-order valence-corrected chi connectivity index (χ2v) is 4.47. The summed E-state index contributed by atoms with van der Waals surface area (Å²) in [6.07, 6.45) is 9.48. The Morgan fingerprint density at radius 3 is 1.94 bits per heavy atom. The van der Waals surface area contributed by atoms with Crippen molar-refractivity contribution in [3.63, 3.8) is 0 Å². The molecule has 0 aliphatic heterocycles. The number of hydroxylamine groups is 1. The van der Waals surface area contributed by atoms with Crippen molar-refractivity contribution in [3.05, 3.63) is 0 Å². The van der Waals surface area contributed by atoms with E-state index in [1.165, 1.54) is 38.5 Å². The fourth-order valence-corrected chi connectivity index (χ4v) is 1.75. The molecule has 0 atom stereocenters. The molecule has 0 saturated carbocycles. The quantitative estimate of drug-likeness (QED) is 0.464. The molecule has 0 aliphatic carbocycles. The summed E-state index contributed by atoms with van der Waals surface area (Å²) in [5.41, 5.74) is 1.87. The average Bonchev–Trinajstić information content (AvgIpc) is 2.34. The molecule has 0 saturated heterocycles. The Balaban J connectivity index is 3.15. The van der Waals surface area contributed by atoms with E-state index in [-0.39, 0.29) is 5.91 Å². The summed E-state index contributed by atoms with van der Waals surface area (Å²) in [5.74, 6) is -0.375. The van der Waals surface area contributed by atoms with Gasteiger partial charge in [-0.2, -0.15) is 5.48 Å². The number of hydrogen-bond donors (Lipinski definition) is 2. The van der Waals surface area contributed by atoms with Gasteiger partial charge in [-0.25, -0.2) is 4.79 Å². The number of unbranched alkanes of at least 4 members (excludes halogenated alkanes) is 8. The minimum absolute atomic E-state index is 0.323. The van der Waals surface area contributed by atoms with Gasteiger partial charge in [-0.1, -0.05) is 58.3 Å². The number of nitrogens with one attached hydrogen (secondary N) is 1. The molecule has 5 heteroatoms. The van der Waals surface area contributed by atoms with Crippen LogP contribution in [0.5, 0.6) is 0 Å². The van der Waals surface area contributed by atoms with E-state index in [1.807, 2.05) is 5.48 Å². The standard InChI is InChI=1S/C13H25NO4/c1-2-3-4-5-6-7-8-9-10-11-12(15)14-18-13(16)17/h2-11H2,1H3,(H,14,15)(H,16,17). The van der Waals surface area contributed by atoms with Crippen LogP contribution in [-0.2, 0) is 9.63 Å². The molecular formula is C13H25NO4. The van der Waals surface area contributed by atoms with Crippen LogP contribution in [0.15, 0.2) is 0 Å². The van der Waals surface area contributed by atoms with E-state index in [0.29, 0.717) is 6.42 Å². The Morgan fingerprint density at radius 1 is 0.944 bits per heavy atom. The molecule has 0 aliphatic rings.